The van der Waals surface area contributed by atoms with E-state index in [9.17, 15) is 4.79 Å². The van der Waals surface area contributed by atoms with Crippen molar-refractivity contribution >= 4 is 5.91 Å². The first-order chi connectivity index (χ1) is 8.47. The summed E-state index contributed by atoms with van der Waals surface area (Å²) in [4.78, 5) is 11.2. The third kappa shape index (κ3) is 3.55. The summed E-state index contributed by atoms with van der Waals surface area (Å²) in [6.07, 6.45) is 0. The van der Waals surface area contributed by atoms with E-state index in [1.54, 1.807) is 7.05 Å². The lowest BCUT2D eigenvalue weighted by Crippen LogP contribution is -2.36. The zero-order valence-corrected chi connectivity index (χ0v) is 11.8. The van der Waals surface area contributed by atoms with Crippen molar-refractivity contribution in [2.75, 3.05) is 13.7 Å². The van der Waals surface area contributed by atoms with Gasteiger partial charge in [0.05, 0.1) is 6.61 Å². The van der Waals surface area contributed by atoms with Crippen LogP contribution in [-0.2, 0) is 16.1 Å². The predicted octanol–water partition coefficient (Wildman–Crippen LogP) is 1.69. The number of rotatable bonds is 5. The number of nitrogens with one attached hydrogen (secondary N) is 2. The minimum atomic E-state index is -0.169. The molecule has 0 radical (unpaired) electrons. The van der Waals surface area contributed by atoms with Gasteiger partial charge in [0.2, 0.25) is 0 Å². The number of amides is 1. The maximum Gasteiger partial charge on any atom is 0.260 e. The van der Waals surface area contributed by atoms with Crippen molar-refractivity contribution in [1.82, 2.24) is 10.9 Å². The number of aryl methyl sites for hydroxylation is 2. The van der Waals surface area contributed by atoms with Crippen LogP contribution in [0.4, 0.5) is 0 Å². The molecule has 0 saturated carbocycles. The van der Waals surface area contributed by atoms with Gasteiger partial charge >= 0.3 is 0 Å². The third-order valence-corrected chi connectivity index (χ3v) is 3.27. The summed E-state index contributed by atoms with van der Waals surface area (Å²) in [5, 5.41) is 0. The smallest absolute Gasteiger partial charge is 0.260 e. The van der Waals surface area contributed by atoms with Gasteiger partial charge in [-0.25, -0.2) is 5.43 Å². The Balaban J connectivity index is 2.70. The van der Waals surface area contributed by atoms with Gasteiger partial charge in [-0.2, -0.15) is 0 Å². The molecule has 1 aromatic rings. The molecule has 0 bridgehead atoms. The maximum absolute atomic E-state index is 11.2. The van der Waals surface area contributed by atoms with Crippen LogP contribution < -0.4 is 10.9 Å². The summed E-state index contributed by atoms with van der Waals surface area (Å²) >= 11 is 0. The van der Waals surface area contributed by atoms with Crippen LogP contribution in [0.25, 0.3) is 0 Å². The molecule has 0 aliphatic heterocycles. The Morgan fingerprint density at radius 2 is 1.72 bits per heavy atom. The molecule has 0 unspecified atom stereocenters. The molecule has 18 heavy (non-hydrogen) atoms. The van der Waals surface area contributed by atoms with Gasteiger partial charge in [0.25, 0.3) is 5.91 Å². The summed E-state index contributed by atoms with van der Waals surface area (Å²) in [7, 11) is 1.65. The normalized spacial score (nSPS) is 10.5. The highest BCUT2D eigenvalue weighted by molar-refractivity contribution is 5.76. The topological polar surface area (TPSA) is 50.4 Å². The number of hydrogen-bond donors (Lipinski definition) is 2. The van der Waals surface area contributed by atoms with Gasteiger partial charge in [-0.1, -0.05) is 6.07 Å². The van der Waals surface area contributed by atoms with Crippen molar-refractivity contribution in [3.05, 3.63) is 33.9 Å². The second-order valence-electron chi connectivity index (χ2n) is 4.53. The Morgan fingerprint density at radius 1 is 1.17 bits per heavy atom. The van der Waals surface area contributed by atoms with E-state index < -0.39 is 0 Å². The lowest BCUT2D eigenvalue weighted by Gasteiger charge is -2.15. The molecule has 0 aromatic heterocycles. The molecule has 0 heterocycles. The Bertz CT molecular complexity index is 416. The molecule has 0 atom stereocenters. The van der Waals surface area contributed by atoms with Gasteiger partial charge in [-0.3, -0.25) is 10.2 Å². The monoisotopic (exact) mass is 250 g/mol. The minimum absolute atomic E-state index is 0.0622. The van der Waals surface area contributed by atoms with Gasteiger partial charge in [-0.15, -0.1) is 0 Å². The number of hydrogen-bond acceptors (Lipinski definition) is 3. The minimum Gasteiger partial charge on any atom is -0.367 e. The van der Waals surface area contributed by atoms with E-state index in [4.69, 9.17) is 4.74 Å². The van der Waals surface area contributed by atoms with Crippen LogP contribution in [0.1, 0.15) is 27.8 Å². The Hall–Kier alpha value is -1.39. The van der Waals surface area contributed by atoms with E-state index in [-0.39, 0.29) is 12.5 Å². The van der Waals surface area contributed by atoms with Crippen molar-refractivity contribution in [3.8, 4) is 0 Å². The molecule has 0 aliphatic rings. The standard InChI is InChI=1S/C14H22N2O2/c1-9-6-10(2)12(4)13(11(9)3)7-18-8-14(17)16-15-5/h6,15H,7-8H2,1-5H3,(H,16,17). The number of carbonyl (C=O) groups is 1. The van der Waals surface area contributed by atoms with Crippen LogP contribution in [0, 0.1) is 27.7 Å². The van der Waals surface area contributed by atoms with Crippen LogP contribution in [0.2, 0.25) is 0 Å². The average Bonchev–Trinajstić information content (AvgIpc) is 2.31. The van der Waals surface area contributed by atoms with Gasteiger partial charge in [0.15, 0.2) is 0 Å². The number of carbonyl (C=O) groups excluding carboxylic acids is 1. The first-order valence-corrected chi connectivity index (χ1v) is 6.07. The zero-order chi connectivity index (χ0) is 13.7. The van der Waals surface area contributed by atoms with Crippen LogP contribution in [-0.4, -0.2) is 19.6 Å². The van der Waals surface area contributed by atoms with Gasteiger partial charge in [0.1, 0.15) is 6.61 Å². The Labute approximate surface area is 109 Å². The molecule has 1 aromatic carbocycles. The molecule has 1 amide bonds. The zero-order valence-electron chi connectivity index (χ0n) is 11.8. The fourth-order valence-electron chi connectivity index (χ4n) is 1.94. The van der Waals surface area contributed by atoms with Crippen molar-refractivity contribution in [2.45, 2.75) is 34.3 Å². The van der Waals surface area contributed by atoms with Crippen molar-refractivity contribution in [2.24, 2.45) is 0 Å². The number of hydrazine groups is 1. The molecule has 0 aliphatic carbocycles. The van der Waals surface area contributed by atoms with Gasteiger partial charge < -0.3 is 4.74 Å². The van der Waals surface area contributed by atoms with E-state index >= 15 is 0 Å². The first kappa shape index (κ1) is 14.7. The number of ether oxygens (including phenoxy) is 1. The molecule has 100 valence electrons. The molecule has 4 nitrogen and oxygen atoms in total. The second kappa shape index (κ2) is 6.52. The highest BCUT2D eigenvalue weighted by Crippen LogP contribution is 2.22. The largest absolute Gasteiger partial charge is 0.367 e. The van der Waals surface area contributed by atoms with E-state index in [2.05, 4.69) is 44.6 Å². The molecule has 0 spiro atoms. The lowest BCUT2D eigenvalue weighted by molar-refractivity contribution is -0.126. The molecular weight excluding hydrogens is 228 g/mol. The van der Waals surface area contributed by atoms with Crippen LogP contribution in [0.3, 0.4) is 0 Å². The van der Waals surface area contributed by atoms with E-state index in [0.29, 0.717) is 6.61 Å². The summed E-state index contributed by atoms with van der Waals surface area (Å²) in [6.45, 7) is 8.91. The van der Waals surface area contributed by atoms with E-state index in [1.165, 1.54) is 27.8 Å². The third-order valence-electron chi connectivity index (χ3n) is 3.27. The Morgan fingerprint density at radius 3 is 2.22 bits per heavy atom. The molecule has 1 rings (SSSR count). The lowest BCUT2D eigenvalue weighted by atomic mass is 9.95. The van der Waals surface area contributed by atoms with E-state index in [0.717, 1.165) is 0 Å². The highest BCUT2D eigenvalue weighted by atomic mass is 16.5. The van der Waals surface area contributed by atoms with Crippen LogP contribution in [0.5, 0.6) is 0 Å². The van der Waals surface area contributed by atoms with Crippen molar-refractivity contribution in [1.29, 1.82) is 0 Å². The molecule has 2 N–H and O–H groups in total. The summed E-state index contributed by atoms with van der Waals surface area (Å²) in [5.41, 5.74) is 11.2. The van der Waals surface area contributed by atoms with Crippen molar-refractivity contribution in [3.63, 3.8) is 0 Å². The molecule has 4 heteroatoms. The van der Waals surface area contributed by atoms with Gasteiger partial charge in [-0.05, 0) is 55.5 Å². The predicted molar refractivity (Wildman–Crippen MR) is 72.2 cm³/mol. The SMILES string of the molecule is CNNC(=O)COCc1c(C)c(C)cc(C)c1C. The summed E-state index contributed by atoms with van der Waals surface area (Å²) in [5.74, 6) is -0.169. The van der Waals surface area contributed by atoms with Gasteiger partial charge in [0, 0.05) is 7.05 Å². The van der Waals surface area contributed by atoms with Crippen molar-refractivity contribution < 1.29 is 9.53 Å². The summed E-state index contributed by atoms with van der Waals surface area (Å²) in [6, 6.07) is 2.18. The fourth-order valence-corrected chi connectivity index (χ4v) is 1.94. The summed E-state index contributed by atoms with van der Waals surface area (Å²) < 4.78 is 5.45. The van der Waals surface area contributed by atoms with E-state index in [1.807, 2.05) is 0 Å². The quantitative estimate of drug-likeness (QED) is 0.782. The molecule has 0 fully saturated rings. The van der Waals surface area contributed by atoms with Crippen LogP contribution >= 0.6 is 0 Å². The second-order valence-corrected chi connectivity index (χ2v) is 4.53. The molecule has 0 saturated heterocycles. The average molecular weight is 250 g/mol. The maximum atomic E-state index is 11.2. The molecular formula is C14H22N2O2. The highest BCUT2D eigenvalue weighted by Gasteiger charge is 2.09. The number of benzene rings is 1. The van der Waals surface area contributed by atoms with Crippen LogP contribution in [0.15, 0.2) is 6.07 Å². The first-order valence-electron chi connectivity index (χ1n) is 6.07. The Kier molecular flexibility index (Phi) is 5.31. The fraction of sp³-hybridized carbons (Fsp3) is 0.500.